The van der Waals surface area contributed by atoms with Gasteiger partial charge in [-0.05, 0) is 88.2 Å². The minimum Gasteiger partial charge on any atom is -0.481 e. The number of carboxylic acids is 2. The molecule has 0 spiro atoms. The SMILES string of the molecule is CSCC[C@H](NC(=O)[C@H](CCCCN)NC(=O)[C@H](CC(C)C)NC(=O)[C@H](CC(C)C)NC(=O)[C@H](CCC(=O)O)NC(=O)[C@@H](N)CCCN=C(N)N)C(=O)O. The number of nitrogens with two attached hydrogens (primary N) is 4. The summed E-state index contributed by atoms with van der Waals surface area (Å²) in [5, 5.41) is 31.9. The number of hydrogen-bond acceptors (Lipinski definition) is 11. The van der Waals surface area contributed by atoms with Crippen molar-refractivity contribution in [2.24, 2.45) is 39.8 Å². The lowest BCUT2D eigenvalue weighted by Crippen LogP contribution is -2.59. The molecule has 15 N–H and O–H groups in total. The summed E-state index contributed by atoms with van der Waals surface area (Å²) in [6.45, 7) is 7.84. The first kappa shape index (κ1) is 49.8. The van der Waals surface area contributed by atoms with Gasteiger partial charge in [-0.3, -0.25) is 33.8 Å². The number of unbranched alkanes of at least 4 members (excludes halogenated alkanes) is 1. The molecule has 0 unspecified atom stereocenters. The average Bonchev–Trinajstić information content (AvgIpc) is 3.07. The van der Waals surface area contributed by atoms with Gasteiger partial charge in [-0.15, -0.1) is 0 Å². The minimum absolute atomic E-state index is 0.106. The van der Waals surface area contributed by atoms with Crippen molar-refractivity contribution in [3.63, 3.8) is 0 Å². The predicted molar refractivity (Wildman–Crippen MR) is 207 cm³/mol. The molecule has 0 saturated carbocycles. The molecule has 0 bridgehead atoms. The number of nitrogens with one attached hydrogen (secondary N) is 5. The van der Waals surface area contributed by atoms with Crippen LogP contribution in [0.5, 0.6) is 0 Å². The zero-order valence-corrected chi connectivity index (χ0v) is 33.0. The number of aliphatic imine (C=N–C) groups is 1. The van der Waals surface area contributed by atoms with E-state index in [0.29, 0.717) is 31.6 Å². The normalized spacial score (nSPS) is 14.5. The fourth-order valence-corrected chi connectivity index (χ4v) is 5.69. The van der Waals surface area contributed by atoms with Crippen LogP contribution in [-0.2, 0) is 33.6 Å². The maximum Gasteiger partial charge on any atom is 0.326 e. The van der Waals surface area contributed by atoms with Gasteiger partial charge in [-0.2, -0.15) is 11.8 Å². The highest BCUT2D eigenvalue weighted by atomic mass is 32.2. The van der Waals surface area contributed by atoms with Gasteiger partial charge in [-0.25, -0.2) is 4.79 Å². The third-order valence-electron chi connectivity index (χ3n) is 8.07. The second-order valence-corrected chi connectivity index (χ2v) is 14.9. The van der Waals surface area contributed by atoms with Crippen LogP contribution < -0.4 is 49.5 Å². The number of hydrogen-bond donors (Lipinski definition) is 11. The highest BCUT2D eigenvalue weighted by molar-refractivity contribution is 7.98. The van der Waals surface area contributed by atoms with E-state index >= 15 is 0 Å². The Morgan fingerprint density at radius 3 is 1.54 bits per heavy atom. The molecular formula is C34H64N10O9S. The summed E-state index contributed by atoms with van der Waals surface area (Å²) in [6, 6.07) is -7.05. The number of thioether (sulfide) groups is 1. The number of carbonyl (C=O) groups excluding carboxylic acids is 5. The Balaban J connectivity index is 6.14. The molecule has 0 aromatic heterocycles. The molecule has 5 amide bonds. The van der Waals surface area contributed by atoms with Crippen LogP contribution in [0, 0.1) is 11.8 Å². The van der Waals surface area contributed by atoms with Gasteiger partial charge in [0.2, 0.25) is 29.5 Å². The van der Waals surface area contributed by atoms with Crippen molar-refractivity contribution in [1.82, 2.24) is 26.6 Å². The Hall–Kier alpha value is -4.17. The largest absolute Gasteiger partial charge is 0.481 e. The monoisotopic (exact) mass is 788 g/mol. The van der Waals surface area contributed by atoms with Crippen molar-refractivity contribution >= 4 is 59.2 Å². The first-order chi connectivity index (χ1) is 25.3. The molecule has 6 atom stereocenters. The van der Waals surface area contributed by atoms with Crippen molar-refractivity contribution in [3.05, 3.63) is 0 Å². The van der Waals surface area contributed by atoms with E-state index < -0.39 is 84.1 Å². The lowest BCUT2D eigenvalue weighted by Gasteiger charge is -2.28. The molecule has 54 heavy (non-hydrogen) atoms. The van der Waals surface area contributed by atoms with Crippen LogP contribution in [0.25, 0.3) is 0 Å². The fourth-order valence-electron chi connectivity index (χ4n) is 5.22. The van der Waals surface area contributed by atoms with E-state index in [1.165, 1.54) is 11.8 Å². The minimum atomic E-state index is -1.35. The van der Waals surface area contributed by atoms with Crippen LogP contribution in [0.2, 0.25) is 0 Å². The lowest BCUT2D eigenvalue weighted by atomic mass is 9.99. The second kappa shape index (κ2) is 27.4. The fraction of sp³-hybridized carbons (Fsp3) is 0.765. The summed E-state index contributed by atoms with van der Waals surface area (Å²) in [4.78, 5) is 94.2. The highest BCUT2D eigenvalue weighted by Gasteiger charge is 2.33. The molecule has 0 radical (unpaired) electrons. The molecule has 0 aliphatic heterocycles. The van der Waals surface area contributed by atoms with E-state index in [2.05, 4.69) is 31.6 Å². The first-order valence-corrected chi connectivity index (χ1v) is 19.7. The summed E-state index contributed by atoms with van der Waals surface area (Å²) >= 11 is 1.43. The molecular weight excluding hydrogens is 725 g/mol. The van der Waals surface area contributed by atoms with Gasteiger partial charge in [0.05, 0.1) is 6.04 Å². The zero-order valence-electron chi connectivity index (χ0n) is 32.2. The van der Waals surface area contributed by atoms with Gasteiger partial charge in [0.25, 0.3) is 0 Å². The van der Waals surface area contributed by atoms with E-state index in [0.717, 1.165) is 0 Å². The number of carboxylic acid groups (broad SMARTS) is 2. The standard InChI is InChI=1S/C34H64N10O9S/c1-19(2)17-25(31(50)41-22(10-6-7-14-35)29(48)42-24(33(52)53)13-16-54-5)44-32(51)26(18-20(3)4)43-30(49)23(11-12-27(45)46)40-28(47)21(36)9-8-15-39-34(37)38/h19-26H,6-18,35-36H2,1-5H3,(H,40,47)(H,41,50)(H,42,48)(H,43,49)(H,44,51)(H,45,46)(H,52,53)(H4,37,38,39)/t21-,22-,23-,24-,25-,26-/m0/s1. The van der Waals surface area contributed by atoms with Gasteiger partial charge in [0.1, 0.15) is 30.2 Å². The number of rotatable bonds is 29. The number of nitrogens with zero attached hydrogens (tertiary/aromatic N) is 1. The molecule has 0 saturated heterocycles. The zero-order chi connectivity index (χ0) is 41.4. The van der Waals surface area contributed by atoms with Crippen LogP contribution in [0.15, 0.2) is 4.99 Å². The van der Waals surface area contributed by atoms with Crippen LogP contribution in [-0.4, -0.2) is 119 Å². The van der Waals surface area contributed by atoms with Gasteiger partial charge in [-0.1, -0.05) is 27.7 Å². The van der Waals surface area contributed by atoms with E-state index in [4.69, 9.17) is 22.9 Å². The number of guanidine groups is 1. The highest BCUT2D eigenvalue weighted by Crippen LogP contribution is 2.12. The van der Waals surface area contributed by atoms with E-state index in [1.54, 1.807) is 0 Å². The van der Waals surface area contributed by atoms with Crippen molar-refractivity contribution in [3.8, 4) is 0 Å². The second-order valence-electron chi connectivity index (χ2n) is 14.0. The topological polar surface area (TPSA) is 337 Å². The maximum absolute atomic E-state index is 13.8. The summed E-state index contributed by atoms with van der Waals surface area (Å²) in [7, 11) is 0. The van der Waals surface area contributed by atoms with Crippen molar-refractivity contribution in [2.45, 2.75) is 128 Å². The van der Waals surface area contributed by atoms with E-state index in [-0.39, 0.29) is 62.9 Å². The lowest BCUT2D eigenvalue weighted by molar-refractivity contribution is -0.142. The molecule has 0 aromatic carbocycles. The summed E-state index contributed by atoms with van der Waals surface area (Å²) in [5.41, 5.74) is 22.2. The van der Waals surface area contributed by atoms with Crippen LogP contribution >= 0.6 is 11.8 Å². The van der Waals surface area contributed by atoms with Crippen LogP contribution in [0.4, 0.5) is 0 Å². The Bertz CT molecular complexity index is 1250. The molecule has 0 aliphatic rings. The third-order valence-corrected chi connectivity index (χ3v) is 8.71. The Morgan fingerprint density at radius 1 is 0.630 bits per heavy atom. The summed E-state index contributed by atoms with van der Waals surface area (Å²) < 4.78 is 0. The molecule has 20 heteroatoms. The number of carbonyl (C=O) groups is 7. The van der Waals surface area contributed by atoms with Crippen molar-refractivity contribution < 1.29 is 43.8 Å². The third kappa shape index (κ3) is 22.1. The number of amides is 5. The van der Waals surface area contributed by atoms with Gasteiger partial charge in [0, 0.05) is 13.0 Å². The summed E-state index contributed by atoms with van der Waals surface area (Å²) in [5.74, 6) is -5.92. The molecule has 0 heterocycles. The van der Waals surface area contributed by atoms with Gasteiger partial charge < -0.3 is 59.7 Å². The Labute approximate surface area is 322 Å². The van der Waals surface area contributed by atoms with Crippen LogP contribution in [0.1, 0.15) is 91.9 Å². The quantitative estimate of drug-likeness (QED) is 0.0239. The Kier molecular flexibility index (Phi) is 25.3. The van der Waals surface area contributed by atoms with Gasteiger partial charge >= 0.3 is 11.9 Å². The van der Waals surface area contributed by atoms with Gasteiger partial charge in [0.15, 0.2) is 5.96 Å². The molecule has 19 nitrogen and oxygen atoms in total. The molecule has 0 aliphatic carbocycles. The molecule has 0 rings (SSSR count). The van der Waals surface area contributed by atoms with E-state index in [9.17, 15) is 43.8 Å². The maximum atomic E-state index is 13.8. The van der Waals surface area contributed by atoms with Crippen molar-refractivity contribution in [1.29, 1.82) is 0 Å². The average molecular weight is 789 g/mol. The molecule has 0 aromatic rings. The van der Waals surface area contributed by atoms with Crippen molar-refractivity contribution in [2.75, 3.05) is 25.1 Å². The first-order valence-electron chi connectivity index (χ1n) is 18.3. The number of aliphatic carboxylic acids is 2. The molecule has 0 fully saturated rings. The van der Waals surface area contributed by atoms with E-state index in [1.807, 2.05) is 34.0 Å². The Morgan fingerprint density at radius 2 is 1.09 bits per heavy atom. The molecule has 310 valence electrons. The summed E-state index contributed by atoms with van der Waals surface area (Å²) in [6.07, 6.45) is 3.20. The van der Waals surface area contributed by atoms with Crippen LogP contribution in [0.3, 0.4) is 0 Å². The smallest absolute Gasteiger partial charge is 0.326 e. The predicted octanol–water partition coefficient (Wildman–Crippen LogP) is -1.29.